The number of nitrogens with one attached hydrogen (secondary N) is 1. The zero-order valence-electron chi connectivity index (χ0n) is 1.62. The summed E-state index contributed by atoms with van der Waals surface area (Å²) in [6.07, 6.45) is 0. The van der Waals surface area contributed by atoms with Crippen LogP contribution < -0.4 is 0 Å². The summed E-state index contributed by atoms with van der Waals surface area (Å²) in [5.74, 6) is 0. The third-order valence-corrected chi connectivity index (χ3v) is 0. The van der Waals surface area contributed by atoms with Gasteiger partial charge in [0.25, 0.3) is 0 Å². The fraction of sp³-hybridized carbons (Fsp3) is 0. The molecule has 0 spiro atoms. The Morgan fingerprint density at radius 2 is 1.25 bits per heavy atom. The molecule has 0 aliphatic carbocycles. The zero-order valence-corrected chi connectivity index (χ0v) is 3.92. The Morgan fingerprint density at radius 3 is 1.25 bits per heavy atom. The number of hydrogen-bond acceptors (Lipinski definition) is 2. The van der Waals surface area contributed by atoms with Crippen LogP contribution in [0.5, 0.6) is 0 Å². The summed E-state index contributed by atoms with van der Waals surface area (Å²) in [6, 6.07) is 0. The summed E-state index contributed by atoms with van der Waals surface area (Å²) < 4.78 is 5.33. The van der Waals surface area contributed by atoms with Crippen molar-refractivity contribution >= 4 is 12.4 Å². The largest absolute Gasteiger partial charge is 0.269 e. The van der Waals surface area contributed by atoms with Crippen molar-refractivity contribution in [1.29, 1.82) is 4.78 Å². The minimum atomic E-state index is 0. The predicted octanol–water partition coefficient (Wildman–Crippen LogP) is 0.446. The normalized spacial score (nSPS) is 1.00. The average Bonchev–Trinajstić information content (AvgIpc) is 1.00. The van der Waals surface area contributed by atoms with Crippen molar-refractivity contribution in [3.63, 3.8) is 0 Å². The van der Waals surface area contributed by atoms with Crippen LogP contribution in [0.25, 0.3) is 0 Å². The van der Waals surface area contributed by atoms with E-state index in [2.05, 4.69) is 12.4 Å². The first kappa shape index (κ1) is 22.4. The maximum atomic E-state index is 5.33. The molecule has 0 rings (SSSR count). The van der Waals surface area contributed by atoms with Crippen LogP contribution in [0.3, 0.4) is 0 Å². The van der Waals surface area contributed by atoms with Crippen LogP contribution in [0.15, 0.2) is 0 Å². The van der Waals surface area contributed by atoms with E-state index >= 15 is 0 Å². The van der Waals surface area contributed by atoms with Crippen molar-refractivity contribution in [3.05, 3.63) is 0 Å². The molecule has 0 fully saturated rings. The van der Waals surface area contributed by atoms with E-state index in [9.17, 15) is 0 Å². The van der Waals surface area contributed by atoms with Gasteiger partial charge >= 0.3 is 0 Å². The third kappa shape index (κ3) is 16.1. The molecule has 0 bridgehead atoms. The summed E-state index contributed by atoms with van der Waals surface area (Å²) in [4.78, 5) is 0. The molecule has 1 N–H and O–H groups in total. The van der Waals surface area contributed by atoms with Gasteiger partial charge in [-0.15, -0.1) is 0 Å². The predicted molar refractivity (Wildman–Crippen MR) is 12.6 cm³/mol. The van der Waals surface area contributed by atoms with E-state index in [1.165, 1.54) is 0 Å². The Morgan fingerprint density at radius 1 is 1.25 bits per heavy atom. The molecule has 1 radical (unpaired) electrons. The van der Waals surface area contributed by atoms with Crippen LogP contribution in [0.2, 0.25) is 0 Å². The van der Waals surface area contributed by atoms with Crippen molar-refractivity contribution in [2.24, 2.45) is 0 Å². The van der Waals surface area contributed by atoms with Crippen LogP contribution in [0.1, 0.15) is 0 Å². The average molecular weight is 175 g/mol. The van der Waals surface area contributed by atoms with E-state index in [0.717, 1.165) is 0 Å². The Bertz CT molecular complexity index is 8.00. The molecule has 0 atom stereocenters. The van der Waals surface area contributed by atoms with Crippen molar-refractivity contribution in [2.45, 2.75) is 0 Å². The Labute approximate surface area is 44.6 Å². The minimum absolute atomic E-state index is 0. The van der Waals surface area contributed by atoms with Gasteiger partial charge in [-0.2, -0.15) is 0 Å². The van der Waals surface area contributed by atoms with Gasteiger partial charge in [-0.3, -0.25) is 4.70 Å². The second kappa shape index (κ2) is 56.1. The molecular formula is H2AgFNS. The van der Waals surface area contributed by atoms with E-state index in [4.69, 9.17) is 4.78 Å². The molecule has 0 aromatic heterocycles. The molecule has 0 aliphatic heterocycles. The molecule has 0 saturated carbocycles. The topological polar surface area (TPSA) is 23.9 Å². The molecular weight excluding hydrogens is 173 g/mol. The maximum absolute atomic E-state index is 5.33. The summed E-state index contributed by atoms with van der Waals surface area (Å²) >= 11 is 3.33. The molecule has 1 nitrogen and oxygen atoms in total. The number of rotatable bonds is 0. The summed E-state index contributed by atoms with van der Waals surface area (Å²) in [6.45, 7) is 0. The van der Waals surface area contributed by atoms with Crippen LogP contribution in [0.4, 0.5) is 4.70 Å². The minimum Gasteiger partial charge on any atom is -0.269 e. The van der Waals surface area contributed by atoms with Gasteiger partial charge in [0.1, 0.15) is 0 Å². The standard InChI is InChI=1S/Ag.FH.HNS/c;;1-2/h;1H;1H. The molecule has 0 amide bonds. The summed E-state index contributed by atoms with van der Waals surface area (Å²) in [5.41, 5.74) is 0. The molecule has 0 unspecified atom stereocenters. The van der Waals surface area contributed by atoms with Crippen molar-refractivity contribution in [2.75, 3.05) is 0 Å². The van der Waals surface area contributed by atoms with Gasteiger partial charge in [-0.25, -0.2) is 4.78 Å². The molecule has 0 aliphatic rings. The van der Waals surface area contributed by atoms with Crippen LogP contribution in [0, 0.1) is 4.78 Å². The van der Waals surface area contributed by atoms with Gasteiger partial charge in [-0.1, -0.05) is 0 Å². The molecule has 0 saturated heterocycles. The second-order valence-electron chi connectivity index (χ2n) is 0. The van der Waals surface area contributed by atoms with Gasteiger partial charge in [0.05, 0.1) is 0 Å². The number of halogens is 1. The molecule has 0 aromatic rings. The van der Waals surface area contributed by atoms with Gasteiger partial charge in [0.2, 0.25) is 0 Å². The maximum Gasteiger partial charge on any atom is 0.0324 e. The van der Waals surface area contributed by atoms with E-state index in [1.54, 1.807) is 0 Å². The molecule has 4 heteroatoms. The van der Waals surface area contributed by atoms with E-state index in [0.29, 0.717) is 0 Å². The zero-order chi connectivity index (χ0) is 2.00. The van der Waals surface area contributed by atoms with Gasteiger partial charge in [-0.05, 0) is 0 Å². The van der Waals surface area contributed by atoms with Gasteiger partial charge < -0.3 is 0 Å². The SMILES string of the molecule is F.N=S.[Ag]. The number of hydrogen-bond donors (Lipinski definition) is 1. The summed E-state index contributed by atoms with van der Waals surface area (Å²) in [5, 5.41) is 0. The van der Waals surface area contributed by atoms with Crippen molar-refractivity contribution < 1.29 is 27.1 Å². The van der Waals surface area contributed by atoms with Gasteiger partial charge in [0.15, 0.2) is 0 Å². The van der Waals surface area contributed by atoms with E-state index in [1.807, 2.05) is 0 Å². The van der Waals surface area contributed by atoms with Crippen LogP contribution >= 0.6 is 0 Å². The Kier molecular flexibility index (Phi) is 313. The third-order valence-electron chi connectivity index (χ3n) is 0. The van der Waals surface area contributed by atoms with Crippen LogP contribution in [-0.2, 0) is 34.8 Å². The first-order chi connectivity index (χ1) is 1.00. The second-order valence-corrected chi connectivity index (χ2v) is 0. The molecule has 0 aromatic carbocycles. The molecule has 0 heterocycles. The van der Waals surface area contributed by atoms with Gasteiger partial charge in [0, 0.05) is 34.8 Å². The monoisotopic (exact) mass is 174 g/mol. The Balaban J connectivity index is -0.00000000500. The van der Waals surface area contributed by atoms with E-state index < -0.39 is 0 Å². The quantitative estimate of drug-likeness (QED) is 0.530. The molecule has 31 valence electrons. The first-order valence-electron chi connectivity index (χ1n) is 0.204. The van der Waals surface area contributed by atoms with Crippen LogP contribution in [-0.4, -0.2) is 0 Å². The van der Waals surface area contributed by atoms with Crippen molar-refractivity contribution in [1.82, 2.24) is 0 Å². The fourth-order valence-corrected chi connectivity index (χ4v) is 0. The first-order valence-corrected chi connectivity index (χ1v) is 0.612. The van der Waals surface area contributed by atoms with E-state index in [-0.39, 0.29) is 27.1 Å². The molecule has 4 heavy (non-hydrogen) atoms. The Hall–Kier alpha value is 0.690. The summed E-state index contributed by atoms with van der Waals surface area (Å²) in [7, 11) is 0. The smallest absolute Gasteiger partial charge is 0.0324 e. The van der Waals surface area contributed by atoms with Crippen molar-refractivity contribution in [3.8, 4) is 0 Å². The fourth-order valence-electron chi connectivity index (χ4n) is 0.